The largest absolute Gasteiger partial charge is 0.492 e. The summed E-state index contributed by atoms with van der Waals surface area (Å²) < 4.78 is 7.05. The Bertz CT molecular complexity index is 1470. The fourth-order valence-corrected chi connectivity index (χ4v) is 3.76. The van der Waals surface area contributed by atoms with Crippen LogP contribution in [0.1, 0.15) is 20.7 Å². The molecule has 3 amide bonds. The SMILES string of the molecule is Cn1nc(-c2ccc(NC(=O)c3ccccc3Cl)cc2)cc1NC(=O)c1cccc(OCCNC(=O)O)c1. The molecule has 3 aromatic carbocycles. The Labute approximate surface area is 223 Å². The number of anilines is 2. The highest BCUT2D eigenvalue weighted by Crippen LogP contribution is 2.25. The Balaban J connectivity index is 1.39. The maximum Gasteiger partial charge on any atom is 0.404 e. The van der Waals surface area contributed by atoms with Gasteiger partial charge in [-0.05, 0) is 42.5 Å². The number of carbonyl (C=O) groups is 3. The van der Waals surface area contributed by atoms with Crippen molar-refractivity contribution in [3.05, 3.63) is 95.0 Å². The smallest absolute Gasteiger partial charge is 0.404 e. The number of hydrogen-bond donors (Lipinski definition) is 4. The van der Waals surface area contributed by atoms with E-state index in [0.717, 1.165) is 5.56 Å². The van der Waals surface area contributed by atoms with Crippen molar-refractivity contribution in [2.24, 2.45) is 7.05 Å². The molecule has 4 N–H and O–H groups in total. The molecule has 0 spiro atoms. The molecule has 0 aliphatic heterocycles. The first kappa shape index (κ1) is 26.2. The summed E-state index contributed by atoms with van der Waals surface area (Å²) >= 11 is 6.10. The van der Waals surface area contributed by atoms with Crippen LogP contribution in [0.25, 0.3) is 11.3 Å². The normalized spacial score (nSPS) is 10.5. The van der Waals surface area contributed by atoms with Gasteiger partial charge in [0.2, 0.25) is 0 Å². The van der Waals surface area contributed by atoms with Crippen molar-refractivity contribution in [2.75, 3.05) is 23.8 Å². The molecule has 0 aliphatic carbocycles. The Kier molecular flexibility index (Phi) is 8.24. The second-order valence-corrected chi connectivity index (χ2v) is 8.52. The summed E-state index contributed by atoms with van der Waals surface area (Å²) in [5.74, 6) is 0.263. The highest BCUT2D eigenvalue weighted by atomic mass is 35.5. The zero-order valence-corrected chi connectivity index (χ0v) is 21.0. The van der Waals surface area contributed by atoms with Crippen molar-refractivity contribution in [1.82, 2.24) is 15.1 Å². The van der Waals surface area contributed by atoms with Crippen LogP contribution < -0.4 is 20.7 Å². The van der Waals surface area contributed by atoms with Crippen LogP contribution in [0, 0.1) is 0 Å². The lowest BCUT2D eigenvalue weighted by Crippen LogP contribution is -2.26. The van der Waals surface area contributed by atoms with Gasteiger partial charge in [-0.2, -0.15) is 5.10 Å². The standard InChI is InChI=1S/C27H24ClN5O5/c1-33-24(31-25(34)18-5-4-6-20(15-18)38-14-13-29-27(36)37)16-23(32-33)17-9-11-19(12-10-17)30-26(35)21-7-2-3-8-22(21)28/h2-12,15-16,29H,13-14H2,1H3,(H,30,35)(H,31,34)(H,36,37). The monoisotopic (exact) mass is 533 g/mol. The lowest BCUT2D eigenvalue weighted by Gasteiger charge is -2.09. The van der Waals surface area contributed by atoms with E-state index in [1.807, 2.05) is 12.1 Å². The van der Waals surface area contributed by atoms with E-state index < -0.39 is 6.09 Å². The molecule has 10 nitrogen and oxygen atoms in total. The van der Waals surface area contributed by atoms with Crippen LogP contribution in [-0.2, 0) is 7.05 Å². The zero-order valence-electron chi connectivity index (χ0n) is 20.3. The minimum Gasteiger partial charge on any atom is -0.492 e. The summed E-state index contributed by atoms with van der Waals surface area (Å²) in [5.41, 5.74) is 2.78. The van der Waals surface area contributed by atoms with Crippen molar-refractivity contribution in [3.8, 4) is 17.0 Å². The topological polar surface area (TPSA) is 135 Å². The third-order valence-corrected chi connectivity index (χ3v) is 5.75. The predicted octanol–water partition coefficient (Wildman–Crippen LogP) is 4.89. The number of amides is 3. The summed E-state index contributed by atoms with van der Waals surface area (Å²) in [7, 11) is 1.71. The van der Waals surface area contributed by atoms with E-state index in [0.29, 0.717) is 39.1 Å². The number of ether oxygens (including phenoxy) is 1. The fraction of sp³-hybridized carbons (Fsp3) is 0.111. The van der Waals surface area contributed by atoms with Gasteiger partial charge in [-0.3, -0.25) is 14.3 Å². The van der Waals surface area contributed by atoms with Gasteiger partial charge in [-0.1, -0.05) is 41.9 Å². The van der Waals surface area contributed by atoms with Gasteiger partial charge in [-0.15, -0.1) is 0 Å². The van der Waals surface area contributed by atoms with Crippen LogP contribution in [0.15, 0.2) is 78.9 Å². The number of carboxylic acid groups (broad SMARTS) is 1. The molecule has 0 saturated heterocycles. The highest BCUT2D eigenvalue weighted by molar-refractivity contribution is 6.34. The molecule has 194 valence electrons. The van der Waals surface area contributed by atoms with Crippen molar-refractivity contribution in [3.63, 3.8) is 0 Å². The van der Waals surface area contributed by atoms with Crippen LogP contribution in [0.2, 0.25) is 5.02 Å². The summed E-state index contributed by atoms with van der Waals surface area (Å²) in [4.78, 5) is 35.8. The number of nitrogens with one attached hydrogen (secondary N) is 3. The van der Waals surface area contributed by atoms with Gasteiger partial charge in [0, 0.05) is 29.9 Å². The van der Waals surface area contributed by atoms with Gasteiger partial charge >= 0.3 is 6.09 Å². The molecule has 4 aromatic rings. The van der Waals surface area contributed by atoms with E-state index in [9.17, 15) is 14.4 Å². The van der Waals surface area contributed by atoms with Gasteiger partial charge < -0.3 is 25.8 Å². The molecule has 0 fully saturated rings. The van der Waals surface area contributed by atoms with Gasteiger partial charge in [0.1, 0.15) is 18.2 Å². The summed E-state index contributed by atoms with van der Waals surface area (Å²) in [6.45, 7) is 0.253. The number of rotatable bonds is 9. The quantitative estimate of drug-likeness (QED) is 0.226. The Morgan fingerprint density at radius 2 is 1.71 bits per heavy atom. The molecule has 0 aliphatic rings. The molecule has 0 bridgehead atoms. The number of nitrogens with zero attached hydrogens (tertiary/aromatic N) is 2. The number of carbonyl (C=O) groups excluding carboxylic acids is 2. The lowest BCUT2D eigenvalue weighted by molar-refractivity contribution is 0.101. The number of benzene rings is 3. The Morgan fingerprint density at radius 1 is 0.947 bits per heavy atom. The molecular formula is C27H24ClN5O5. The van der Waals surface area contributed by atoms with Crippen molar-refractivity contribution in [1.29, 1.82) is 0 Å². The molecule has 38 heavy (non-hydrogen) atoms. The van der Waals surface area contributed by atoms with Crippen molar-refractivity contribution >= 4 is 41.0 Å². The van der Waals surface area contributed by atoms with E-state index in [4.69, 9.17) is 21.4 Å². The second-order valence-electron chi connectivity index (χ2n) is 8.11. The summed E-state index contributed by atoms with van der Waals surface area (Å²) in [6.07, 6.45) is -1.13. The van der Waals surface area contributed by atoms with Crippen LogP contribution in [0.3, 0.4) is 0 Å². The highest BCUT2D eigenvalue weighted by Gasteiger charge is 2.14. The van der Waals surface area contributed by atoms with E-state index in [-0.39, 0.29) is 25.0 Å². The number of aromatic nitrogens is 2. The molecular weight excluding hydrogens is 510 g/mol. The van der Waals surface area contributed by atoms with Crippen molar-refractivity contribution < 1.29 is 24.2 Å². The molecule has 0 radical (unpaired) electrons. The first-order chi connectivity index (χ1) is 18.3. The molecule has 0 saturated carbocycles. The predicted molar refractivity (Wildman–Crippen MR) is 144 cm³/mol. The molecule has 1 heterocycles. The molecule has 1 aromatic heterocycles. The average molecular weight is 534 g/mol. The number of halogens is 1. The minimum atomic E-state index is -1.13. The number of aryl methyl sites for hydroxylation is 1. The summed E-state index contributed by atoms with van der Waals surface area (Å²) in [6, 6.07) is 22.3. The van der Waals surface area contributed by atoms with E-state index in [1.165, 1.54) is 0 Å². The van der Waals surface area contributed by atoms with E-state index in [2.05, 4.69) is 21.0 Å². The van der Waals surface area contributed by atoms with Gasteiger partial charge in [0.15, 0.2) is 0 Å². The van der Waals surface area contributed by atoms with Gasteiger partial charge in [0.05, 0.1) is 22.8 Å². The molecule has 4 rings (SSSR count). The third-order valence-electron chi connectivity index (χ3n) is 5.42. The fourth-order valence-electron chi connectivity index (χ4n) is 3.54. The Morgan fingerprint density at radius 3 is 2.45 bits per heavy atom. The minimum absolute atomic E-state index is 0.123. The van der Waals surface area contributed by atoms with Crippen molar-refractivity contribution in [2.45, 2.75) is 0 Å². The molecule has 11 heteroatoms. The Hall–Kier alpha value is -4.83. The maximum absolute atomic E-state index is 12.8. The first-order valence-corrected chi connectivity index (χ1v) is 11.9. The number of hydrogen-bond acceptors (Lipinski definition) is 5. The van der Waals surface area contributed by atoms with Gasteiger partial charge in [0.25, 0.3) is 11.8 Å². The second kappa shape index (κ2) is 11.9. The van der Waals surface area contributed by atoms with E-state index >= 15 is 0 Å². The molecule has 0 atom stereocenters. The van der Waals surface area contributed by atoms with Crippen LogP contribution in [0.4, 0.5) is 16.3 Å². The average Bonchev–Trinajstić information content (AvgIpc) is 3.27. The molecule has 0 unspecified atom stereocenters. The van der Waals surface area contributed by atoms with Crippen LogP contribution >= 0.6 is 11.6 Å². The third kappa shape index (κ3) is 6.68. The van der Waals surface area contributed by atoms with Crippen LogP contribution in [0.5, 0.6) is 5.75 Å². The van der Waals surface area contributed by atoms with Gasteiger partial charge in [-0.25, -0.2) is 4.79 Å². The zero-order chi connectivity index (χ0) is 27.1. The lowest BCUT2D eigenvalue weighted by atomic mass is 10.1. The van der Waals surface area contributed by atoms with E-state index in [1.54, 1.807) is 78.5 Å². The van der Waals surface area contributed by atoms with Crippen LogP contribution in [-0.4, -0.2) is 45.9 Å². The summed E-state index contributed by atoms with van der Waals surface area (Å²) in [5, 5.41) is 21.3. The first-order valence-electron chi connectivity index (χ1n) is 11.5. The maximum atomic E-state index is 12.8.